The highest BCUT2D eigenvalue weighted by Crippen LogP contribution is 2.27. The molecule has 3 rings (SSSR count). The SMILES string of the molecule is COc1ccc(S(=O)(=O)N2CCCCC2)cc1CCC(=O)Nc1ccc(F)cc1. The summed E-state index contributed by atoms with van der Waals surface area (Å²) in [4.78, 5) is 12.4. The molecule has 2 aromatic rings. The van der Waals surface area contributed by atoms with Gasteiger partial charge in [0.05, 0.1) is 12.0 Å². The molecule has 1 N–H and O–H groups in total. The zero-order valence-corrected chi connectivity index (χ0v) is 17.2. The van der Waals surface area contributed by atoms with Gasteiger partial charge >= 0.3 is 0 Å². The van der Waals surface area contributed by atoms with E-state index < -0.39 is 10.0 Å². The fraction of sp³-hybridized carbons (Fsp3) is 0.381. The summed E-state index contributed by atoms with van der Waals surface area (Å²) in [6.45, 7) is 1.06. The highest BCUT2D eigenvalue weighted by atomic mass is 32.2. The number of amides is 1. The highest BCUT2D eigenvalue weighted by molar-refractivity contribution is 7.89. The molecule has 0 aliphatic carbocycles. The molecular weight excluding hydrogens is 395 g/mol. The predicted molar refractivity (Wildman–Crippen MR) is 109 cm³/mol. The number of rotatable bonds is 7. The second kappa shape index (κ2) is 9.37. The van der Waals surface area contributed by atoms with Crippen LogP contribution in [0.25, 0.3) is 0 Å². The van der Waals surface area contributed by atoms with Crippen molar-refractivity contribution >= 4 is 21.6 Å². The van der Waals surface area contributed by atoms with Gasteiger partial charge in [-0.25, -0.2) is 12.8 Å². The fourth-order valence-electron chi connectivity index (χ4n) is 3.37. The van der Waals surface area contributed by atoms with E-state index in [1.807, 2.05) is 0 Å². The van der Waals surface area contributed by atoms with Gasteiger partial charge < -0.3 is 10.1 Å². The van der Waals surface area contributed by atoms with Crippen LogP contribution < -0.4 is 10.1 Å². The number of carbonyl (C=O) groups excluding carboxylic acids is 1. The van der Waals surface area contributed by atoms with Gasteiger partial charge in [0.25, 0.3) is 0 Å². The lowest BCUT2D eigenvalue weighted by molar-refractivity contribution is -0.116. The van der Waals surface area contributed by atoms with E-state index >= 15 is 0 Å². The predicted octanol–water partition coefficient (Wildman–Crippen LogP) is 3.58. The van der Waals surface area contributed by atoms with E-state index in [1.165, 1.54) is 35.7 Å². The van der Waals surface area contributed by atoms with Gasteiger partial charge in [-0.05, 0) is 67.3 Å². The number of nitrogens with one attached hydrogen (secondary N) is 1. The Kier molecular flexibility index (Phi) is 6.87. The van der Waals surface area contributed by atoms with Crippen molar-refractivity contribution in [1.82, 2.24) is 4.31 Å². The number of hydrogen-bond donors (Lipinski definition) is 1. The van der Waals surface area contributed by atoms with Crippen LogP contribution in [0.3, 0.4) is 0 Å². The van der Waals surface area contributed by atoms with Gasteiger partial charge in [0.15, 0.2) is 0 Å². The van der Waals surface area contributed by atoms with Crippen molar-refractivity contribution in [3.05, 3.63) is 53.8 Å². The second-order valence-electron chi connectivity index (χ2n) is 6.99. The first-order chi connectivity index (χ1) is 13.9. The molecule has 2 aromatic carbocycles. The summed E-state index contributed by atoms with van der Waals surface area (Å²) in [5.41, 5.74) is 1.16. The molecule has 1 saturated heterocycles. The number of carbonyl (C=O) groups is 1. The lowest BCUT2D eigenvalue weighted by Gasteiger charge is -2.26. The maximum absolute atomic E-state index is 13.0. The number of benzene rings is 2. The molecule has 0 atom stereocenters. The number of anilines is 1. The molecular formula is C21H25FN2O4S. The van der Waals surface area contributed by atoms with E-state index in [0.717, 1.165) is 19.3 Å². The lowest BCUT2D eigenvalue weighted by atomic mass is 10.1. The van der Waals surface area contributed by atoms with Crippen molar-refractivity contribution in [1.29, 1.82) is 0 Å². The number of aryl methyl sites for hydroxylation is 1. The molecule has 0 aromatic heterocycles. The van der Waals surface area contributed by atoms with E-state index in [4.69, 9.17) is 4.74 Å². The van der Waals surface area contributed by atoms with E-state index in [9.17, 15) is 17.6 Å². The Balaban J connectivity index is 1.71. The third-order valence-electron chi connectivity index (χ3n) is 4.95. The van der Waals surface area contributed by atoms with Gasteiger partial charge in [-0.3, -0.25) is 4.79 Å². The quantitative estimate of drug-likeness (QED) is 0.743. The van der Waals surface area contributed by atoms with Crippen LogP contribution in [0, 0.1) is 5.82 Å². The Labute approximate surface area is 170 Å². The van der Waals surface area contributed by atoms with Crippen molar-refractivity contribution in [3.8, 4) is 5.75 Å². The number of halogens is 1. The monoisotopic (exact) mass is 420 g/mol. The Bertz CT molecular complexity index is 955. The minimum atomic E-state index is -3.56. The molecule has 0 spiro atoms. The maximum atomic E-state index is 13.0. The van der Waals surface area contributed by atoms with E-state index in [-0.39, 0.29) is 23.0 Å². The number of methoxy groups -OCH3 is 1. The van der Waals surface area contributed by atoms with Crippen LogP contribution in [0.15, 0.2) is 47.4 Å². The number of piperidine rings is 1. The molecule has 1 aliphatic rings. The first-order valence-electron chi connectivity index (χ1n) is 9.62. The van der Waals surface area contributed by atoms with Crippen LogP contribution >= 0.6 is 0 Å². The zero-order valence-electron chi connectivity index (χ0n) is 16.4. The number of sulfonamides is 1. The standard InChI is InChI=1S/C21H25FN2O4S/c1-28-20-11-10-19(29(26,27)24-13-3-2-4-14-24)15-16(20)5-12-21(25)23-18-8-6-17(22)7-9-18/h6-11,15H,2-5,12-14H2,1H3,(H,23,25). The number of hydrogen-bond acceptors (Lipinski definition) is 4. The molecule has 0 radical (unpaired) electrons. The van der Waals surface area contributed by atoms with Crippen LogP contribution in [0.4, 0.5) is 10.1 Å². The van der Waals surface area contributed by atoms with Crippen LogP contribution in [0.1, 0.15) is 31.2 Å². The normalized spacial score (nSPS) is 15.1. The lowest BCUT2D eigenvalue weighted by Crippen LogP contribution is -2.35. The van der Waals surface area contributed by atoms with Gasteiger partial charge in [-0.1, -0.05) is 6.42 Å². The average molecular weight is 421 g/mol. The van der Waals surface area contributed by atoms with Gasteiger partial charge in [-0.2, -0.15) is 4.31 Å². The average Bonchev–Trinajstić information content (AvgIpc) is 2.74. The van der Waals surface area contributed by atoms with Crippen molar-refractivity contribution < 1.29 is 22.3 Å². The number of ether oxygens (including phenoxy) is 1. The first kappa shape index (κ1) is 21.3. The summed E-state index contributed by atoms with van der Waals surface area (Å²) >= 11 is 0. The van der Waals surface area contributed by atoms with Gasteiger partial charge in [0.1, 0.15) is 11.6 Å². The Morgan fingerprint density at radius 2 is 1.79 bits per heavy atom. The fourth-order valence-corrected chi connectivity index (χ4v) is 4.94. The van der Waals surface area contributed by atoms with E-state index in [1.54, 1.807) is 18.2 Å². The van der Waals surface area contributed by atoms with Gasteiger partial charge in [0, 0.05) is 25.2 Å². The summed E-state index contributed by atoms with van der Waals surface area (Å²) in [5, 5.41) is 2.70. The summed E-state index contributed by atoms with van der Waals surface area (Å²) in [5.74, 6) is -0.0837. The molecule has 0 unspecified atom stereocenters. The zero-order chi connectivity index (χ0) is 20.9. The smallest absolute Gasteiger partial charge is 0.243 e. The van der Waals surface area contributed by atoms with Crippen LogP contribution in [0.2, 0.25) is 0 Å². The van der Waals surface area contributed by atoms with Crippen LogP contribution in [-0.2, 0) is 21.2 Å². The molecule has 29 heavy (non-hydrogen) atoms. The van der Waals surface area contributed by atoms with Crippen LogP contribution in [-0.4, -0.2) is 38.8 Å². The topological polar surface area (TPSA) is 75.7 Å². The summed E-state index contributed by atoms with van der Waals surface area (Å²) in [6.07, 6.45) is 3.24. The maximum Gasteiger partial charge on any atom is 0.243 e. The molecule has 8 heteroatoms. The summed E-state index contributed by atoms with van der Waals surface area (Å²) in [7, 11) is -2.05. The Morgan fingerprint density at radius 3 is 2.45 bits per heavy atom. The third-order valence-corrected chi connectivity index (χ3v) is 6.85. The molecule has 1 fully saturated rings. The van der Waals surface area contributed by atoms with Gasteiger partial charge in [0.2, 0.25) is 15.9 Å². The van der Waals surface area contributed by atoms with Crippen molar-refractivity contribution in [3.63, 3.8) is 0 Å². The molecule has 1 amide bonds. The first-order valence-corrected chi connectivity index (χ1v) is 11.1. The third kappa shape index (κ3) is 5.33. The Hall–Kier alpha value is -2.45. The molecule has 0 bridgehead atoms. The molecule has 156 valence electrons. The summed E-state index contributed by atoms with van der Waals surface area (Å²) < 4.78 is 45.7. The summed E-state index contributed by atoms with van der Waals surface area (Å²) in [6, 6.07) is 10.3. The molecule has 1 aliphatic heterocycles. The second-order valence-corrected chi connectivity index (χ2v) is 8.93. The minimum absolute atomic E-state index is 0.140. The van der Waals surface area contributed by atoms with Crippen molar-refractivity contribution in [2.75, 3.05) is 25.5 Å². The minimum Gasteiger partial charge on any atom is -0.496 e. The highest BCUT2D eigenvalue weighted by Gasteiger charge is 2.26. The van der Waals surface area contributed by atoms with Crippen LogP contribution in [0.5, 0.6) is 5.75 Å². The van der Waals surface area contributed by atoms with E-state index in [2.05, 4.69) is 5.32 Å². The molecule has 1 heterocycles. The number of nitrogens with zero attached hydrogens (tertiary/aromatic N) is 1. The molecule has 0 saturated carbocycles. The van der Waals surface area contributed by atoms with Crippen molar-refractivity contribution in [2.24, 2.45) is 0 Å². The Morgan fingerprint density at radius 1 is 1.10 bits per heavy atom. The van der Waals surface area contributed by atoms with Gasteiger partial charge in [-0.15, -0.1) is 0 Å². The van der Waals surface area contributed by atoms with Crippen molar-refractivity contribution in [2.45, 2.75) is 37.0 Å². The molecule has 6 nitrogen and oxygen atoms in total. The van der Waals surface area contributed by atoms with E-state index in [0.29, 0.717) is 36.5 Å². The largest absolute Gasteiger partial charge is 0.496 e.